The molecule has 4 N–H and O–H groups in total. The summed E-state index contributed by atoms with van der Waals surface area (Å²) in [6.45, 7) is 2.11. The number of thioether (sulfide) groups is 1. The van der Waals surface area contributed by atoms with Crippen molar-refractivity contribution in [1.29, 1.82) is 0 Å². The molecule has 0 aromatic carbocycles. The van der Waals surface area contributed by atoms with Crippen LogP contribution in [-0.2, 0) is 0 Å². The number of nitrogens with two attached hydrogens (primary N) is 2. The number of nitrogens with zero attached hydrogens (tertiary/aromatic N) is 1. The summed E-state index contributed by atoms with van der Waals surface area (Å²) in [6, 6.07) is 0. The van der Waals surface area contributed by atoms with Crippen molar-refractivity contribution in [2.45, 2.75) is 0 Å². The summed E-state index contributed by atoms with van der Waals surface area (Å²) in [6.07, 6.45) is 0. The molecule has 0 atom stereocenters. The topological polar surface area (TPSA) is 55.3 Å². The van der Waals surface area contributed by atoms with Crippen molar-refractivity contribution < 1.29 is 0 Å². The molecule has 0 unspecified atom stereocenters. The van der Waals surface area contributed by atoms with E-state index in [2.05, 4.69) is 4.90 Å². The van der Waals surface area contributed by atoms with E-state index < -0.39 is 0 Å². The Hall–Kier alpha value is 1.45. The second-order valence-corrected chi connectivity index (χ2v) is 4.03. The Labute approximate surface area is 97.6 Å². The average molecular weight is 203 g/mol. The van der Waals surface area contributed by atoms with E-state index >= 15 is 0 Å². The Kier molecular flexibility index (Phi) is 7.82. The molecule has 1 heterocycles. The number of hydrogen-bond acceptors (Lipinski definition) is 2. The molecule has 0 aromatic heterocycles. The van der Waals surface area contributed by atoms with Gasteiger partial charge in [-0.15, -0.1) is 11.5 Å². The first-order valence-electron chi connectivity index (χ1n) is 3.20. The van der Waals surface area contributed by atoms with Gasteiger partial charge >= 0.3 is 29.6 Å². The molecule has 11 heavy (non-hydrogen) atoms. The predicted octanol–water partition coefficient (Wildman–Crippen LogP) is -1.23. The van der Waals surface area contributed by atoms with E-state index in [1.807, 2.05) is 11.8 Å². The molecule has 1 aliphatic rings. The van der Waals surface area contributed by atoms with Gasteiger partial charge in [0, 0.05) is 24.6 Å². The molecule has 1 fully saturated rings. The first kappa shape index (κ1) is 12.4. The van der Waals surface area contributed by atoms with Crippen molar-refractivity contribution in [1.82, 2.24) is 4.90 Å². The van der Waals surface area contributed by atoms with Crippen molar-refractivity contribution in [3.05, 3.63) is 0 Å². The van der Waals surface area contributed by atoms with Gasteiger partial charge < -0.3 is 0 Å². The fraction of sp³-hybridized carbons (Fsp3) is 0.800. The van der Waals surface area contributed by atoms with Crippen LogP contribution in [0, 0.1) is 0 Å². The number of thiol groups is 1. The summed E-state index contributed by atoms with van der Waals surface area (Å²) >= 11 is 2.68. The van der Waals surface area contributed by atoms with Gasteiger partial charge in [0.15, 0.2) is 0 Å². The van der Waals surface area contributed by atoms with Crippen LogP contribution in [0.5, 0.6) is 0 Å². The normalized spacial score (nSPS) is 21.8. The molecule has 0 radical (unpaired) electrons. The third kappa shape index (κ3) is 4.28. The summed E-state index contributed by atoms with van der Waals surface area (Å²) in [5.41, 5.74) is 5.64. The Morgan fingerprint density at radius 3 is 2.36 bits per heavy atom. The summed E-state index contributed by atoms with van der Waals surface area (Å²) in [5.74, 6) is 2.35. The molecule has 0 amide bonds. The molecule has 0 bridgehead atoms. The zero-order valence-corrected chi connectivity index (χ0v) is 7.50. The van der Waals surface area contributed by atoms with Gasteiger partial charge in [-0.1, -0.05) is 0 Å². The van der Waals surface area contributed by atoms with Crippen LogP contribution in [-0.4, -0.2) is 64.2 Å². The Balaban J connectivity index is 0.000001000. The maximum atomic E-state index is 5.64. The fourth-order valence-corrected chi connectivity index (χ4v) is 2.14. The van der Waals surface area contributed by atoms with Gasteiger partial charge in [0.05, 0.1) is 5.11 Å². The SMILES string of the molecule is N[SH]=C(N)N1CCSCC1.[NaH]. The van der Waals surface area contributed by atoms with Crippen molar-refractivity contribution in [2.75, 3.05) is 24.6 Å². The zero-order valence-electron chi connectivity index (χ0n) is 5.79. The number of hydrogen-bond donors (Lipinski definition) is 3. The molecule has 3 nitrogen and oxygen atoms in total. The monoisotopic (exact) mass is 203 g/mol. The summed E-state index contributed by atoms with van der Waals surface area (Å²) in [4.78, 5) is 2.15. The van der Waals surface area contributed by atoms with Crippen LogP contribution in [0.2, 0.25) is 0 Å². The van der Waals surface area contributed by atoms with Crippen molar-refractivity contribution >= 4 is 58.0 Å². The second-order valence-electron chi connectivity index (χ2n) is 2.09. The first-order chi connectivity index (χ1) is 4.84. The predicted molar refractivity (Wildman–Crippen MR) is 58.4 cm³/mol. The zero-order chi connectivity index (χ0) is 7.40. The van der Waals surface area contributed by atoms with Gasteiger partial charge in [-0.2, -0.15) is 11.8 Å². The summed E-state index contributed by atoms with van der Waals surface area (Å²) in [5, 5.41) is 6.17. The van der Waals surface area contributed by atoms with E-state index in [0.29, 0.717) is 11.5 Å². The molecule has 6 heteroatoms. The average Bonchev–Trinajstić information content (AvgIpc) is 2.05. The van der Waals surface area contributed by atoms with Crippen LogP contribution in [0.25, 0.3) is 0 Å². The Morgan fingerprint density at radius 1 is 1.36 bits per heavy atom. The van der Waals surface area contributed by atoms with E-state index in [4.69, 9.17) is 10.9 Å². The quantitative estimate of drug-likeness (QED) is 0.262. The summed E-state index contributed by atoms with van der Waals surface area (Å²) < 4.78 is 0. The third-order valence-electron chi connectivity index (χ3n) is 1.47. The van der Waals surface area contributed by atoms with Gasteiger partial charge in [0.1, 0.15) is 0 Å². The second kappa shape index (κ2) is 6.91. The molecule has 1 rings (SSSR count). The van der Waals surface area contributed by atoms with E-state index in [1.54, 1.807) is 0 Å². The molecule has 0 spiro atoms. The van der Waals surface area contributed by atoms with E-state index in [1.165, 1.54) is 11.5 Å². The fourth-order valence-electron chi connectivity index (χ4n) is 0.874. The van der Waals surface area contributed by atoms with Crippen LogP contribution < -0.4 is 10.9 Å². The van der Waals surface area contributed by atoms with E-state index in [-0.39, 0.29) is 29.6 Å². The van der Waals surface area contributed by atoms with Gasteiger partial charge in [0.2, 0.25) is 0 Å². The number of rotatable bonds is 0. The van der Waals surface area contributed by atoms with Gasteiger partial charge in [-0.25, -0.2) is 0 Å². The van der Waals surface area contributed by atoms with Crippen molar-refractivity contribution in [3.63, 3.8) is 0 Å². The minimum atomic E-state index is 0. The van der Waals surface area contributed by atoms with Crippen molar-refractivity contribution in [3.8, 4) is 0 Å². The van der Waals surface area contributed by atoms with Crippen molar-refractivity contribution in [2.24, 2.45) is 10.9 Å². The molecular weight excluding hydrogens is 189 g/mol. The van der Waals surface area contributed by atoms with Crippen LogP contribution in [0.3, 0.4) is 0 Å². The third-order valence-corrected chi connectivity index (χ3v) is 2.96. The van der Waals surface area contributed by atoms with Gasteiger partial charge in [-0.05, 0) is 0 Å². The van der Waals surface area contributed by atoms with Gasteiger partial charge in [-0.3, -0.25) is 15.8 Å². The molecule has 0 aromatic rings. The van der Waals surface area contributed by atoms with Gasteiger partial charge in [0.25, 0.3) is 0 Å². The molecule has 62 valence electrons. The standard InChI is InChI=1S/C5H13N3S2.Na.H/c6-5(10-7)8-1-3-9-4-2-8;;/h10H,1-4,6-7H2;;. The summed E-state index contributed by atoms with van der Waals surface area (Å²) in [7, 11) is 0. The van der Waals surface area contributed by atoms with Crippen LogP contribution in [0.1, 0.15) is 0 Å². The van der Waals surface area contributed by atoms with E-state index in [9.17, 15) is 0 Å². The first-order valence-corrected chi connectivity index (χ1v) is 5.32. The van der Waals surface area contributed by atoms with E-state index in [0.717, 1.165) is 18.2 Å². The molecule has 0 saturated carbocycles. The van der Waals surface area contributed by atoms with Crippen LogP contribution in [0.4, 0.5) is 0 Å². The Bertz CT molecular complexity index is 136. The molecular formula is C5H14N3NaS2. The van der Waals surface area contributed by atoms with Crippen LogP contribution in [0.15, 0.2) is 0 Å². The molecule has 1 saturated heterocycles. The minimum absolute atomic E-state index is 0. The van der Waals surface area contributed by atoms with Crippen LogP contribution >= 0.6 is 23.3 Å². The molecule has 0 aliphatic carbocycles. The maximum absolute atomic E-state index is 5.64. The Morgan fingerprint density at radius 2 is 1.91 bits per heavy atom. The molecule has 1 aliphatic heterocycles.